The molecule has 4 heteroatoms. The summed E-state index contributed by atoms with van der Waals surface area (Å²) in [5.74, 6) is 0.122. The van der Waals surface area contributed by atoms with Crippen molar-refractivity contribution in [3.63, 3.8) is 0 Å². The third-order valence-electron chi connectivity index (χ3n) is 4.55. The number of carbonyl (C=O) groups excluding carboxylic acids is 1. The van der Waals surface area contributed by atoms with Crippen LogP contribution in [0.4, 0.5) is 0 Å². The fourth-order valence-corrected chi connectivity index (χ4v) is 3.03. The van der Waals surface area contributed by atoms with E-state index in [9.17, 15) is 4.79 Å². The summed E-state index contributed by atoms with van der Waals surface area (Å²) >= 11 is 0. The van der Waals surface area contributed by atoms with Crippen molar-refractivity contribution in [2.24, 2.45) is 0 Å². The maximum atomic E-state index is 13.0. The topological polar surface area (TPSA) is 38.1 Å². The van der Waals surface area contributed by atoms with Gasteiger partial charge in [-0.05, 0) is 42.2 Å². The minimum absolute atomic E-state index is 0.122. The van der Waals surface area contributed by atoms with Crippen molar-refractivity contribution in [3.8, 4) is 0 Å². The van der Waals surface area contributed by atoms with E-state index in [-0.39, 0.29) is 5.91 Å². The Morgan fingerprint density at radius 3 is 2.40 bits per heavy atom. The van der Waals surface area contributed by atoms with Crippen LogP contribution in [0.1, 0.15) is 34.3 Å². The van der Waals surface area contributed by atoms with E-state index in [1.807, 2.05) is 64.3 Å². The molecule has 0 unspecified atom stereocenters. The summed E-state index contributed by atoms with van der Waals surface area (Å²) in [5.41, 5.74) is 3.08. The third kappa shape index (κ3) is 3.79. The monoisotopic (exact) mass is 331 g/mol. The Labute approximate surface area is 147 Å². The fraction of sp³-hybridized carbons (Fsp3) is 0.238. The fourth-order valence-electron chi connectivity index (χ4n) is 3.03. The minimum Gasteiger partial charge on any atom is -0.331 e. The van der Waals surface area contributed by atoms with Crippen LogP contribution >= 0.6 is 0 Å². The van der Waals surface area contributed by atoms with Crippen LogP contribution in [0.15, 0.2) is 73.1 Å². The molecule has 0 saturated heterocycles. The standard InChI is InChI=1S/C21H21N3O/c25-21(24(20-11-12-20)16-17-5-2-1-3-6-17)19-9-7-18(8-10-19)15-23-14-4-13-22-23/h1-10,13-14,20H,11-12,15-16H2. The van der Waals surface area contributed by atoms with E-state index in [2.05, 4.69) is 17.2 Å². The van der Waals surface area contributed by atoms with Crippen molar-refractivity contribution >= 4 is 5.91 Å². The molecule has 25 heavy (non-hydrogen) atoms. The Morgan fingerprint density at radius 1 is 1.00 bits per heavy atom. The van der Waals surface area contributed by atoms with Gasteiger partial charge >= 0.3 is 0 Å². The van der Waals surface area contributed by atoms with Crippen LogP contribution in [0, 0.1) is 0 Å². The Bertz CT molecular complexity index is 821. The van der Waals surface area contributed by atoms with Crippen LogP contribution < -0.4 is 0 Å². The summed E-state index contributed by atoms with van der Waals surface area (Å²) in [4.78, 5) is 15.0. The highest BCUT2D eigenvalue weighted by atomic mass is 16.2. The quantitative estimate of drug-likeness (QED) is 0.690. The first-order valence-corrected chi connectivity index (χ1v) is 8.71. The largest absolute Gasteiger partial charge is 0.331 e. The molecule has 1 aliphatic rings. The van der Waals surface area contributed by atoms with Crippen LogP contribution in [0.3, 0.4) is 0 Å². The van der Waals surface area contributed by atoms with Gasteiger partial charge in [-0.1, -0.05) is 42.5 Å². The Morgan fingerprint density at radius 2 is 1.76 bits per heavy atom. The first kappa shape index (κ1) is 15.6. The van der Waals surface area contributed by atoms with E-state index in [4.69, 9.17) is 0 Å². The van der Waals surface area contributed by atoms with Crippen molar-refractivity contribution in [1.29, 1.82) is 0 Å². The average molecular weight is 331 g/mol. The zero-order valence-corrected chi connectivity index (χ0v) is 14.1. The maximum Gasteiger partial charge on any atom is 0.254 e. The van der Waals surface area contributed by atoms with Crippen LogP contribution in [0.25, 0.3) is 0 Å². The van der Waals surface area contributed by atoms with E-state index < -0.39 is 0 Å². The van der Waals surface area contributed by atoms with E-state index in [1.54, 1.807) is 6.20 Å². The molecule has 0 N–H and O–H groups in total. The van der Waals surface area contributed by atoms with Crippen LogP contribution in [0.5, 0.6) is 0 Å². The zero-order valence-electron chi connectivity index (χ0n) is 14.1. The Balaban J connectivity index is 1.48. The molecule has 1 heterocycles. The molecule has 1 saturated carbocycles. The van der Waals surface area contributed by atoms with Crippen LogP contribution in [-0.4, -0.2) is 26.6 Å². The molecule has 4 nitrogen and oxygen atoms in total. The molecule has 0 atom stereocenters. The smallest absolute Gasteiger partial charge is 0.254 e. The number of nitrogens with zero attached hydrogens (tertiary/aromatic N) is 3. The zero-order chi connectivity index (χ0) is 17.1. The first-order valence-electron chi connectivity index (χ1n) is 8.71. The van der Waals surface area contributed by atoms with Gasteiger partial charge in [0.25, 0.3) is 5.91 Å². The number of amides is 1. The molecule has 2 aromatic carbocycles. The van der Waals surface area contributed by atoms with Gasteiger partial charge in [-0.15, -0.1) is 0 Å². The maximum absolute atomic E-state index is 13.0. The molecule has 1 aromatic heterocycles. The van der Waals surface area contributed by atoms with Crippen molar-refractivity contribution in [1.82, 2.24) is 14.7 Å². The minimum atomic E-state index is 0.122. The Kier molecular flexibility index (Phi) is 4.34. The second-order valence-corrected chi connectivity index (χ2v) is 6.55. The average Bonchev–Trinajstić information content (AvgIpc) is 3.37. The molecule has 0 spiro atoms. The number of benzene rings is 2. The van der Waals surface area contributed by atoms with Gasteiger partial charge < -0.3 is 4.90 Å². The number of hydrogen-bond donors (Lipinski definition) is 0. The van der Waals surface area contributed by atoms with Gasteiger partial charge in [-0.3, -0.25) is 9.48 Å². The highest BCUT2D eigenvalue weighted by molar-refractivity contribution is 5.94. The summed E-state index contributed by atoms with van der Waals surface area (Å²) in [7, 11) is 0. The summed E-state index contributed by atoms with van der Waals surface area (Å²) in [6.45, 7) is 1.40. The van der Waals surface area contributed by atoms with Crippen molar-refractivity contribution in [2.45, 2.75) is 32.0 Å². The normalized spacial score (nSPS) is 13.6. The third-order valence-corrected chi connectivity index (χ3v) is 4.55. The molecular formula is C21H21N3O. The van der Waals surface area contributed by atoms with Crippen molar-refractivity contribution in [2.75, 3.05) is 0 Å². The molecule has 1 aliphatic carbocycles. The number of rotatable bonds is 6. The molecule has 126 valence electrons. The molecular weight excluding hydrogens is 310 g/mol. The lowest BCUT2D eigenvalue weighted by molar-refractivity contribution is 0.0730. The molecule has 0 aliphatic heterocycles. The van der Waals surface area contributed by atoms with Gasteiger partial charge in [-0.2, -0.15) is 5.10 Å². The summed E-state index contributed by atoms with van der Waals surface area (Å²) < 4.78 is 1.88. The number of hydrogen-bond acceptors (Lipinski definition) is 2. The summed E-state index contributed by atoms with van der Waals surface area (Å²) in [6.07, 6.45) is 5.93. The second kappa shape index (κ2) is 6.93. The van der Waals surface area contributed by atoms with Crippen molar-refractivity contribution in [3.05, 3.63) is 89.7 Å². The molecule has 0 radical (unpaired) electrons. The lowest BCUT2D eigenvalue weighted by Gasteiger charge is -2.23. The molecule has 3 aromatic rings. The summed E-state index contributed by atoms with van der Waals surface area (Å²) in [5, 5.41) is 4.22. The lowest BCUT2D eigenvalue weighted by atomic mass is 10.1. The van der Waals surface area contributed by atoms with Gasteiger partial charge in [0.05, 0.1) is 6.54 Å². The molecule has 4 rings (SSSR count). The van der Waals surface area contributed by atoms with Gasteiger partial charge in [0, 0.05) is 30.5 Å². The second-order valence-electron chi connectivity index (χ2n) is 6.55. The Hall–Kier alpha value is -2.88. The van der Waals surface area contributed by atoms with Crippen molar-refractivity contribution < 1.29 is 4.79 Å². The molecule has 0 bridgehead atoms. The number of aromatic nitrogens is 2. The van der Waals surface area contributed by atoms with Gasteiger partial charge in [-0.25, -0.2) is 0 Å². The van der Waals surface area contributed by atoms with Gasteiger partial charge in [0.2, 0.25) is 0 Å². The van der Waals surface area contributed by atoms with Gasteiger partial charge in [0.1, 0.15) is 0 Å². The number of carbonyl (C=O) groups is 1. The predicted octanol–water partition coefficient (Wildman–Crippen LogP) is 3.74. The summed E-state index contributed by atoms with van der Waals surface area (Å²) in [6, 6.07) is 20.4. The lowest BCUT2D eigenvalue weighted by Crippen LogP contribution is -2.32. The highest BCUT2D eigenvalue weighted by Crippen LogP contribution is 2.30. The van der Waals surface area contributed by atoms with E-state index >= 15 is 0 Å². The van der Waals surface area contributed by atoms with Crippen LogP contribution in [0.2, 0.25) is 0 Å². The SMILES string of the molecule is O=C(c1ccc(Cn2cccn2)cc1)N(Cc1ccccc1)C1CC1. The van der Waals surface area contributed by atoms with E-state index in [1.165, 1.54) is 5.56 Å². The van der Waals surface area contributed by atoms with E-state index in [0.717, 1.165) is 30.5 Å². The van der Waals surface area contributed by atoms with E-state index in [0.29, 0.717) is 12.6 Å². The first-order chi connectivity index (χ1) is 12.3. The molecule has 1 fully saturated rings. The van der Waals surface area contributed by atoms with Crippen LogP contribution in [-0.2, 0) is 13.1 Å². The predicted molar refractivity (Wildman–Crippen MR) is 97.1 cm³/mol. The highest BCUT2D eigenvalue weighted by Gasteiger charge is 2.32. The molecule has 1 amide bonds. The van der Waals surface area contributed by atoms with Gasteiger partial charge in [0.15, 0.2) is 0 Å².